The Kier molecular flexibility index (Phi) is 3.62. The summed E-state index contributed by atoms with van der Waals surface area (Å²) in [6, 6.07) is 9.98. The van der Waals surface area contributed by atoms with Crippen LogP contribution in [-0.4, -0.2) is 18.1 Å². The number of nitrogens with two attached hydrogens (primary N) is 1. The van der Waals surface area contributed by atoms with Crippen molar-refractivity contribution >= 4 is 0 Å². The summed E-state index contributed by atoms with van der Waals surface area (Å²) in [7, 11) is 0. The summed E-state index contributed by atoms with van der Waals surface area (Å²) in [5.41, 5.74) is 8.91. The van der Waals surface area contributed by atoms with Gasteiger partial charge in [-0.1, -0.05) is 24.3 Å². The Morgan fingerprint density at radius 1 is 1.25 bits per heavy atom. The van der Waals surface area contributed by atoms with Gasteiger partial charge in [0.2, 0.25) is 0 Å². The number of nitrogens with one attached hydrogen (secondary N) is 1. The lowest BCUT2D eigenvalue weighted by Crippen LogP contribution is -2.47. The third-order valence-corrected chi connectivity index (χ3v) is 3.63. The number of rotatable bonds is 3. The van der Waals surface area contributed by atoms with Crippen LogP contribution in [0.5, 0.6) is 0 Å². The van der Waals surface area contributed by atoms with E-state index in [4.69, 9.17) is 5.73 Å². The van der Waals surface area contributed by atoms with Crippen LogP contribution in [-0.2, 0) is 12.8 Å². The molecule has 3 unspecified atom stereocenters. The zero-order valence-corrected chi connectivity index (χ0v) is 10.2. The molecule has 0 heterocycles. The Labute approximate surface area is 98.2 Å². The fourth-order valence-corrected chi connectivity index (χ4v) is 2.36. The van der Waals surface area contributed by atoms with Gasteiger partial charge in [0.15, 0.2) is 0 Å². The average molecular weight is 218 g/mol. The van der Waals surface area contributed by atoms with Gasteiger partial charge in [0.05, 0.1) is 0 Å². The molecule has 0 radical (unpaired) electrons. The molecule has 2 heteroatoms. The summed E-state index contributed by atoms with van der Waals surface area (Å²) in [6.45, 7) is 4.24. The minimum Gasteiger partial charge on any atom is -0.327 e. The van der Waals surface area contributed by atoms with E-state index in [1.807, 2.05) is 0 Å². The number of hydrogen-bond acceptors (Lipinski definition) is 2. The van der Waals surface area contributed by atoms with Crippen LogP contribution >= 0.6 is 0 Å². The molecule has 0 fully saturated rings. The molecule has 3 N–H and O–H groups in total. The van der Waals surface area contributed by atoms with Gasteiger partial charge >= 0.3 is 0 Å². The first-order valence-electron chi connectivity index (χ1n) is 6.25. The van der Waals surface area contributed by atoms with Gasteiger partial charge < -0.3 is 11.1 Å². The molecule has 0 spiro atoms. The zero-order chi connectivity index (χ0) is 11.5. The Bertz CT molecular complexity index is 346. The molecule has 0 bridgehead atoms. The van der Waals surface area contributed by atoms with Gasteiger partial charge in [0, 0.05) is 18.1 Å². The Hall–Kier alpha value is -0.860. The number of benzene rings is 1. The van der Waals surface area contributed by atoms with Gasteiger partial charge in [0.25, 0.3) is 0 Å². The van der Waals surface area contributed by atoms with Gasteiger partial charge in [-0.3, -0.25) is 0 Å². The van der Waals surface area contributed by atoms with Crippen molar-refractivity contribution in [1.82, 2.24) is 5.32 Å². The molecule has 88 valence electrons. The topological polar surface area (TPSA) is 38.0 Å². The van der Waals surface area contributed by atoms with Gasteiger partial charge in [-0.2, -0.15) is 0 Å². The summed E-state index contributed by atoms with van der Waals surface area (Å²) in [4.78, 5) is 0. The van der Waals surface area contributed by atoms with E-state index in [-0.39, 0.29) is 6.04 Å². The molecule has 1 aromatic carbocycles. The highest BCUT2D eigenvalue weighted by molar-refractivity contribution is 5.30. The van der Waals surface area contributed by atoms with E-state index < -0.39 is 0 Å². The van der Waals surface area contributed by atoms with Crippen molar-refractivity contribution in [2.24, 2.45) is 5.73 Å². The highest BCUT2D eigenvalue weighted by Gasteiger charge is 2.20. The number of aryl methyl sites for hydroxylation is 1. The largest absolute Gasteiger partial charge is 0.327 e. The van der Waals surface area contributed by atoms with Crippen LogP contribution in [0, 0.1) is 0 Å². The van der Waals surface area contributed by atoms with Crippen LogP contribution in [0.1, 0.15) is 31.4 Å². The maximum atomic E-state index is 5.89. The van der Waals surface area contributed by atoms with Crippen molar-refractivity contribution in [2.45, 2.75) is 51.2 Å². The first kappa shape index (κ1) is 11.6. The smallest absolute Gasteiger partial charge is 0.0190 e. The fraction of sp³-hybridized carbons (Fsp3) is 0.571. The summed E-state index contributed by atoms with van der Waals surface area (Å²) in [6.07, 6.45) is 3.57. The quantitative estimate of drug-likeness (QED) is 0.813. The number of hydrogen-bond donors (Lipinski definition) is 2. The molecule has 0 aliphatic heterocycles. The van der Waals surface area contributed by atoms with Crippen LogP contribution in [0.15, 0.2) is 24.3 Å². The van der Waals surface area contributed by atoms with E-state index in [9.17, 15) is 0 Å². The third-order valence-electron chi connectivity index (χ3n) is 3.63. The van der Waals surface area contributed by atoms with Crippen molar-refractivity contribution in [2.75, 3.05) is 0 Å². The first-order valence-corrected chi connectivity index (χ1v) is 6.25. The molecule has 0 aromatic heterocycles. The Balaban J connectivity index is 1.98. The molecule has 1 aliphatic rings. The summed E-state index contributed by atoms with van der Waals surface area (Å²) < 4.78 is 0. The second-order valence-corrected chi connectivity index (χ2v) is 5.02. The predicted octanol–water partition coefficient (Wildman–Crippen LogP) is 1.87. The summed E-state index contributed by atoms with van der Waals surface area (Å²) in [5, 5.41) is 3.63. The highest BCUT2D eigenvalue weighted by atomic mass is 15.0. The lowest BCUT2D eigenvalue weighted by molar-refractivity contribution is 0.378. The maximum Gasteiger partial charge on any atom is 0.0190 e. The van der Waals surface area contributed by atoms with Crippen molar-refractivity contribution < 1.29 is 0 Å². The monoisotopic (exact) mass is 218 g/mol. The van der Waals surface area contributed by atoms with Crippen molar-refractivity contribution in [3.8, 4) is 0 Å². The SMILES string of the molecule is CC(N)C(C)NC1CCc2ccccc2C1. The van der Waals surface area contributed by atoms with Crippen LogP contribution in [0.25, 0.3) is 0 Å². The molecule has 3 atom stereocenters. The zero-order valence-electron chi connectivity index (χ0n) is 10.2. The van der Waals surface area contributed by atoms with E-state index in [2.05, 4.69) is 43.4 Å². The van der Waals surface area contributed by atoms with Crippen molar-refractivity contribution in [3.63, 3.8) is 0 Å². The maximum absolute atomic E-state index is 5.89. The third kappa shape index (κ3) is 2.63. The molecule has 2 rings (SSSR count). The van der Waals surface area contributed by atoms with Crippen LogP contribution in [0.4, 0.5) is 0 Å². The standard InChI is InChI=1S/C14H22N2/c1-10(15)11(2)16-14-8-7-12-5-3-4-6-13(12)9-14/h3-6,10-11,14,16H,7-9,15H2,1-2H3. The summed E-state index contributed by atoms with van der Waals surface area (Å²) in [5.74, 6) is 0. The normalized spacial score (nSPS) is 23.6. The van der Waals surface area contributed by atoms with E-state index in [1.54, 1.807) is 0 Å². The molecular weight excluding hydrogens is 196 g/mol. The highest BCUT2D eigenvalue weighted by Crippen LogP contribution is 2.21. The lowest BCUT2D eigenvalue weighted by Gasteiger charge is -2.29. The molecule has 2 nitrogen and oxygen atoms in total. The number of fused-ring (bicyclic) bond motifs is 1. The minimum atomic E-state index is 0.220. The first-order chi connectivity index (χ1) is 7.66. The molecule has 1 aromatic rings. The second-order valence-electron chi connectivity index (χ2n) is 5.02. The molecule has 16 heavy (non-hydrogen) atoms. The molecule has 0 saturated heterocycles. The van der Waals surface area contributed by atoms with Crippen LogP contribution in [0.2, 0.25) is 0 Å². The molecule has 0 saturated carbocycles. The predicted molar refractivity (Wildman–Crippen MR) is 68.5 cm³/mol. The van der Waals surface area contributed by atoms with Crippen molar-refractivity contribution in [1.29, 1.82) is 0 Å². The second kappa shape index (κ2) is 4.98. The van der Waals surface area contributed by atoms with E-state index in [1.165, 1.54) is 24.0 Å². The van der Waals surface area contributed by atoms with E-state index in [0.29, 0.717) is 12.1 Å². The lowest BCUT2D eigenvalue weighted by atomic mass is 9.88. The molecule has 0 amide bonds. The minimum absolute atomic E-state index is 0.220. The fourth-order valence-electron chi connectivity index (χ4n) is 2.36. The van der Waals surface area contributed by atoms with Gasteiger partial charge in [0.1, 0.15) is 0 Å². The average Bonchev–Trinajstić information content (AvgIpc) is 2.28. The van der Waals surface area contributed by atoms with E-state index >= 15 is 0 Å². The van der Waals surface area contributed by atoms with Crippen LogP contribution < -0.4 is 11.1 Å². The van der Waals surface area contributed by atoms with Gasteiger partial charge in [-0.25, -0.2) is 0 Å². The summed E-state index contributed by atoms with van der Waals surface area (Å²) >= 11 is 0. The molecular formula is C14H22N2. The van der Waals surface area contributed by atoms with Gasteiger partial charge in [-0.05, 0) is 44.2 Å². The Morgan fingerprint density at radius 3 is 2.62 bits per heavy atom. The van der Waals surface area contributed by atoms with E-state index in [0.717, 1.165) is 6.42 Å². The van der Waals surface area contributed by atoms with Crippen LogP contribution in [0.3, 0.4) is 0 Å². The van der Waals surface area contributed by atoms with Crippen molar-refractivity contribution in [3.05, 3.63) is 35.4 Å². The Morgan fingerprint density at radius 2 is 1.94 bits per heavy atom. The molecule has 1 aliphatic carbocycles. The van der Waals surface area contributed by atoms with Gasteiger partial charge in [-0.15, -0.1) is 0 Å².